The summed E-state index contributed by atoms with van der Waals surface area (Å²) < 4.78 is 20.0. The van der Waals surface area contributed by atoms with Gasteiger partial charge in [-0.1, -0.05) is 49.6 Å². The number of hydrogen-bond donors (Lipinski definition) is 1. The van der Waals surface area contributed by atoms with Crippen LogP contribution in [0.1, 0.15) is 82.4 Å². The van der Waals surface area contributed by atoms with E-state index in [1.807, 2.05) is 31.2 Å². The maximum atomic E-state index is 14.6. The van der Waals surface area contributed by atoms with Gasteiger partial charge in [0, 0.05) is 18.3 Å². The van der Waals surface area contributed by atoms with E-state index in [0.29, 0.717) is 18.5 Å². The third-order valence-corrected chi connectivity index (χ3v) is 7.62. The highest BCUT2D eigenvalue weighted by atomic mass is 19.1. The molecule has 0 unspecified atom stereocenters. The van der Waals surface area contributed by atoms with Gasteiger partial charge in [0.25, 0.3) is 5.91 Å². The van der Waals surface area contributed by atoms with Crippen molar-refractivity contribution in [3.63, 3.8) is 0 Å². The lowest BCUT2D eigenvalue weighted by Gasteiger charge is -2.40. The first-order chi connectivity index (χ1) is 18.8. The highest BCUT2D eigenvalue weighted by molar-refractivity contribution is 6.04. The van der Waals surface area contributed by atoms with Crippen molar-refractivity contribution in [1.82, 2.24) is 10.2 Å². The van der Waals surface area contributed by atoms with Gasteiger partial charge in [-0.2, -0.15) is 0 Å². The molecule has 0 radical (unpaired) electrons. The molecule has 1 aliphatic carbocycles. The van der Waals surface area contributed by atoms with Crippen molar-refractivity contribution < 1.29 is 23.5 Å². The zero-order valence-electron chi connectivity index (χ0n) is 23.2. The first kappa shape index (κ1) is 28.6. The molecule has 2 atom stereocenters. The minimum absolute atomic E-state index is 0.0226. The third-order valence-electron chi connectivity index (χ3n) is 7.62. The van der Waals surface area contributed by atoms with Crippen molar-refractivity contribution in [2.75, 3.05) is 11.4 Å². The highest BCUT2D eigenvalue weighted by Crippen LogP contribution is 2.34. The lowest BCUT2D eigenvalue weighted by Crippen LogP contribution is -2.56. The average molecular weight is 538 g/mol. The molecule has 2 aliphatic rings. The summed E-state index contributed by atoms with van der Waals surface area (Å²) in [6.45, 7) is 5.81. The monoisotopic (exact) mass is 537 g/mol. The van der Waals surface area contributed by atoms with Gasteiger partial charge in [-0.25, -0.2) is 9.18 Å². The number of carbonyl (C=O) groups excluding carboxylic acids is 3. The Morgan fingerprint density at radius 1 is 0.974 bits per heavy atom. The number of ether oxygens (including phenoxy) is 1. The Bertz CT molecular complexity index is 1160. The van der Waals surface area contributed by atoms with E-state index in [1.165, 1.54) is 28.0 Å². The van der Waals surface area contributed by atoms with Crippen molar-refractivity contribution in [3.8, 4) is 0 Å². The van der Waals surface area contributed by atoms with Crippen molar-refractivity contribution in [2.45, 2.75) is 96.4 Å². The molecule has 1 heterocycles. The van der Waals surface area contributed by atoms with Crippen LogP contribution in [0.25, 0.3) is 0 Å². The standard InChI is InChI=1S/C31H40FN3O4/c1-21(2)39-31(38)34-19-10-9-18-27(34)30(37)35(25-16-11-13-23(32)20-25)28(26-17-8-7-12-22(26)3)29(36)33-24-14-5-4-6-15-24/h7-8,11-13,16-17,20-21,24,27-28H,4-6,9-10,14-15,18-19H2,1-3H3,(H,33,36)/t27-,28-/m0/s1. The van der Waals surface area contributed by atoms with Crippen LogP contribution in [0.2, 0.25) is 0 Å². The zero-order chi connectivity index (χ0) is 27.9. The van der Waals surface area contributed by atoms with Crippen LogP contribution in [0.5, 0.6) is 0 Å². The molecule has 1 saturated heterocycles. The minimum Gasteiger partial charge on any atom is -0.447 e. The van der Waals surface area contributed by atoms with Gasteiger partial charge < -0.3 is 10.1 Å². The van der Waals surface area contributed by atoms with Gasteiger partial charge in [0.1, 0.15) is 17.9 Å². The number of aryl methyl sites for hydroxylation is 1. The maximum Gasteiger partial charge on any atom is 0.410 e. The van der Waals surface area contributed by atoms with E-state index >= 15 is 0 Å². The van der Waals surface area contributed by atoms with Gasteiger partial charge in [0.15, 0.2) is 0 Å². The van der Waals surface area contributed by atoms with Gasteiger partial charge >= 0.3 is 6.09 Å². The summed E-state index contributed by atoms with van der Waals surface area (Å²) in [5.74, 6) is -1.24. The van der Waals surface area contributed by atoms with E-state index in [0.717, 1.165) is 50.5 Å². The van der Waals surface area contributed by atoms with E-state index < -0.39 is 29.9 Å². The summed E-state index contributed by atoms with van der Waals surface area (Å²) in [5.41, 5.74) is 1.78. The van der Waals surface area contributed by atoms with Gasteiger partial charge in [0.05, 0.1) is 6.10 Å². The zero-order valence-corrected chi connectivity index (χ0v) is 23.2. The molecule has 0 aromatic heterocycles. The van der Waals surface area contributed by atoms with Gasteiger partial charge in [-0.15, -0.1) is 0 Å². The average Bonchev–Trinajstić information content (AvgIpc) is 2.92. The SMILES string of the molecule is Cc1ccccc1[C@@H](C(=O)NC1CCCCC1)N(C(=O)[C@@H]1CCCCN1C(=O)OC(C)C)c1cccc(F)c1. The number of anilines is 1. The van der Waals surface area contributed by atoms with Crippen molar-refractivity contribution in [2.24, 2.45) is 0 Å². The molecule has 4 rings (SSSR count). The van der Waals surface area contributed by atoms with Crippen molar-refractivity contribution >= 4 is 23.6 Å². The summed E-state index contributed by atoms with van der Waals surface area (Å²) in [6, 6.07) is 11.4. The van der Waals surface area contributed by atoms with Crippen molar-refractivity contribution in [3.05, 3.63) is 65.5 Å². The smallest absolute Gasteiger partial charge is 0.410 e. The van der Waals surface area contributed by atoms with Crippen LogP contribution in [0.4, 0.5) is 14.9 Å². The molecule has 0 spiro atoms. The molecule has 8 heteroatoms. The second-order valence-electron chi connectivity index (χ2n) is 10.9. The fourth-order valence-corrected chi connectivity index (χ4v) is 5.68. The van der Waals surface area contributed by atoms with Crippen LogP contribution in [0, 0.1) is 12.7 Å². The number of nitrogens with one attached hydrogen (secondary N) is 1. The van der Waals surface area contributed by atoms with E-state index in [4.69, 9.17) is 4.74 Å². The Balaban J connectivity index is 1.79. The number of nitrogens with zero attached hydrogens (tertiary/aromatic N) is 2. The topological polar surface area (TPSA) is 79.0 Å². The molecule has 3 amide bonds. The number of likely N-dealkylation sites (tertiary alicyclic amines) is 1. The van der Waals surface area contributed by atoms with E-state index in [9.17, 15) is 18.8 Å². The first-order valence-electron chi connectivity index (χ1n) is 14.2. The number of rotatable bonds is 7. The lowest BCUT2D eigenvalue weighted by atomic mass is 9.93. The summed E-state index contributed by atoms with van der Waals surface area (Å²) in [4.78, 5) is 44.5. The number of halogens is 1. The minimum atomic E-state index is -1.03. The fourth-order valence-electron chi connectivity index (χ4n) is 5.68. The van der Waals surface area contributed by atoms with E-state index in [1.54, 1.807) is 19.9 Å². The molecule has 210 valence electrons. The van der Waals surface area contributed by atoms with Crippen LogP contribution < -0.4 is 10.2 Å². The Morgan fingerprint density at radius 2 is 1.69 bits per heavy atom. The molecule has 1 saturated carbocycles. The van der Waals surface area contributed by atoms with Crippen LogP contribution in [0.15, 0.2) is 48.5 Å². The quantitative estimate of drug-likeness (QED) is 0.466. The number of amides is 3. The molecule has 0 bridgehead atoms. The van der Waals surface area contributed by atoms with Gasteiger partial charge in [0.2, 0.25) is 5.91 Å². The first-order valence-corrected chi connectivity index (χ1v) is 14.2. The van der Waals surface area contributed by atoms with Crippen molar-refractivity contribution in [1.29, 1.82) is 0 Å². The predicted octanol–water partition coefficient (Wildman–Crippen LogP) is 6.06. The number of carbonyl (C=O) groups is 3. The predicted molar refractivity (Wildman–Crippen MR) is 149 cm³/mol. The number of hydrogen-bond acceptors (Lipinski definition) is 4. The summed E-state index contributed by atoms with van der Waals surface area (Å²) in [5, 5.41) is 3.20. The molecular formula is C31H40FN3O4. The Morgan fingerprint density at radius 3 is 2.38 bits per heavy atom. The molecule has 2 fully saturated rings. The summed E-state index contributed by atoms with van der Waals surface area (Å²) in [6.07, 6.45) is 6.05. The number of piperidine rings is 1. The third kappa shape index (κ3) is 6.97. The normalized spacial score (nSPS) is 18.9. The van der Waals surface area contributed by atoms with Crippen LogP contribution in [0.3, 0.4) is 0 Å². The largest absolute Gasteiger partial charge is 0.447 e. The van der Waals surface area contributed by atoms with Gasteiger partial charge in [-0.05, 0) is 82.2 Å². The fraction of sp³-hybridized carbons (Fsp3) is 0.516. The van der Waals surface area contributed by atoms with Crippen LogP contribution in [-0.4, -0.2) is 47.5 Å². The molecule has 39 heavy (non-hydrogen) atoms. The van der Waals surface area contributed by atoms with E-state index in [-0.39, 0.29) is 23.7 Å². The number of benzene rings is 2. The van der Waals surface area contributed by atoms with Crippen LogP contribution >= 0.6 is 0 Å². The molecule has 1 N–H and O–H groups in total. The van der Waals surface area contributed by atoms with Crippen LogP contribution in [-0.2, 0) is 14.3 Å². The van der Waals surface area contributed by atoms with Gasteiger partial charge in [-0.3, -0.25) is 19.4 Å². The second kappa shape index (κ2) is 13.1. The lowest BCUT2D eigenvalue weighted by molar-refractivity contribution is -0.130. The summed E-state index contributed by atoms with van der Waals surface area (Å²) in [7, 11) is 0. The molecule has 2 aromatic rings. The Kier molecular flexibility index (Phi) is 9.59. The van der Waals surface area contributed by atoms with E-state index in [2.05, 4.69) is 5.32 Å². The maximum absolute atomic E-state index is 14.6. The molecule has 2 aromatic carbocycles. The Labute approximate surface area is 230 Å². The highest BCUT2D eigenvalue weighted by Gasteiger charge is 2.42. The summed E-state index contributed by atoms with van der Waals surface area (Å²) >= 11 is 0. The molecule has 1 aliphatic heterocycles. The second-order valence-corrected chi connectivity index (χ2v) is 10.9. The Hall–Kier alpha value is -3.42. The molecular weight excluding hydrogens is 497 g/mol. The molecule has 7 nitrogen and oxygen atoms in total.